The van der Waals surface area contributed by atoms with Gasteiger partial charge in [0.15, 0.2) is 5.60 Å². The zero-order valence-corrected chi connectivity index (χ0v) is 17.8. The monoisotopic (exact) mass is 420 g/mol. The van der Waals surface area contributed by atoms with Gasteiger partial charge in [0.1, 0.15) is 12.4 Å². The van der Waals surface area contributed by atoms with Crippen LogP contribution in [0.25, 0.3) is 22.3 Å². The van der Waals surface area contributed by atoms with Crippen molar-refractivity contribution in [1.29, 1.82) is 0 Å². The van der Waals surface area contributed by atoms with E-state index in [9.17, 15) is 14.7 Å². The molecule has 0 bridgehead atoms. The number of benzene rings is 1. The predicted molar refractivity (Wildman–Crippen MR) is 115 cm³/mol. The third kappa shape index (κ3) is 2.66. The first-order valence-corrected chi connectivity index (χ1v) is 10.6. The number of carbonyl (C=O) groups is 1. The van der Waals surface area contributed by atoms with Crippen LogP contribution in [0.5, 0.6) is 5.75 Å². The van der Waals surface area contributed by atoms with Gasteiger partial charge in [-0.05, 0) is 36.6 Å². The SMILES string of the molecule is CCCc1ccc(OC)c2cc3c(nc12)-c1cc2c(c(=O)n1C3)COC(=O)[C@]2(O)CC. The van der Waals surface area contributed by atoms with Crippen LogP contribution in [-0.4, -0.2) is 27.7 Å². The molecule has 160 valence electrons. The van der Waals surface area contributed by atoms with E-state index in [0.29, 0.717) is 29.1 Å². The molecule has 0 saturated heterocycles. The highest BCUT2D eigenvalue weighted by atomic mass is 16.6. The van der Waals surface area contributed by atoms with E-state index in [1.807, 2.05) is 18.2 Å². The number of aromatic nitrogens is 2. The molecule has 0 unspecified atom stereocenters. The van der Waals surface area contributed by atoms with Crippen molar-refractivity contribution in [3.8, 4) is 17.1 Å². The molecule has 1 aromatic carbocycles. The second-order valence-corrected chi connectivity index (χ2v) is 8.17. The number of aliphatic hydroxyl groups is 1. The van der Waals surface area contributed by atoms with Gasteiger partial charge in [-0.15, -0.1) is 0 Å². The standard InChI is InChI=1S/C24H24N2O5/c1-4-6-13-7-8-19(30-3)15-9-14-11-26-18(21(14)25-20(13)15)10-17-16(22(26)27)12-31-23(28)24(17,29)5-2/h7-10,29H,4-6,11-12H2,1-3H3/t24-/m0/s1. The van der Waals surface area contributed by atoms with Gasteiger partial charge < -0.3 is 19.1 Å². The van der Waals surface area contributed by atoms with Crippen LogP contribution in [0.1, 0.15) is 48.9 Å². The molecule has 0 saturated carbocycles. The maximum absolute atomic E-state index is 13.3. The lowest BCUT2D eigenvalue weighted by Gasteiger charge is -2.31. The normalized spacial score (nSPS) is 19.0. The van der Waals surface area contributed by atoms with E-state index in [1.54, 1.807) is 24.7 Å². The maximum Gasteiger partial charge on any atom is 0.343 e. The lowest BCUT2D eigenvalue weighted by Crippen LogP contribution is -2.44. The Balaban J connectivity index is 1.79. The van der Waals surface area contributed by atoms with Gasteiger partial charge in [0, 0.05) is 16.5 Å². The summed E-state index contributed by atoms with van der Waals surface area (Å²) in [4.78, 5) is 30.6. The fraction of sp³-hybridized carbons (Fsp3) is 0.375. The predicted octanol–water partition coefficient (Wildman–Crippen LogP) is 3.04. The van der Waals surface area contributed by atoms with Gasteiger partial charge in [-0.3, -0.25) is 4.79 Å². The number of nitrogens with zero attached hydrogens (tertiary/aromatic N) is 2. The van der Waals surface area contributed by atoms with E-state index in [-0.39, 0.29) is 18.6 Å². The van der Waals surface area contributed by atoms with Gasteiger partial charge >= 0.3 is 5.97 Å². The van der Waals surface area contributed by atoms with E-state index < -0.39 is 11.6 Å². The summed E-state index contributed by atoms with van der Waals surface area (Å²) in [6, 6.07) is 7.77. The lowest BCUT2D eigenvalue weighted by atomic mass is 9.86. The summed E-state index contributed by atoms with van der Waals surface area (Å²) >= 11 is 0. The summed E-state index contributed by atoms with van der Waals surface area (Å²) in [7, 11) is 1.64. The number of pyridine rings is 2. The number of esters is 1. The second-order valence-electron chi connectivity index (χ2n) is 8.17. The fourth-order valence-corrected chi connectivity index (χ4v) is 4.75. The molecule has 4 heterocycles. The maximum atomic E-state index is 13.3. The van der Waals surface area contributed by atoms with E-state index in [0.717, 1.165) is 40.6 Å². The highest BCUT2D eigenvalue weighted by Crippen LogP contribution is 2.40. The number of ether oxygens (including phenoxy) is 2. The Morgan fingerprint density at radius 2 is 2.06 bits per heavy atom. The van der Waals surface area contributed by atoms with Crippen molar-refractivity contribution < 1.29 is 19.4 Å². The summed E-state index contributed by atoms with van der Waals surface area (Å²) in [6.45, 7) is 4.06. The van der Waals surface area contributed by atoms with Gasteiger partial charge in [0.2, 0.25) is 0 Å². The first kappa shape index (κ1) is 19.8. The molecular formula is C24H24N2O5. The van der Waals surface area contributed by atoms with Crippen LogP contribution in [-0.2, 0) is 34.7 Å². The molecular weight excluding hydrogens is 396 g/mol. The van der Waals surface area contributed by atoms with E-state index >= 15 is 0 Å². The molecule has 1 atom stereocenters. The molecule has 7 heteroatoms. The minimum atomic E-state index is -1.82. The molecule has 0 radical (unpaired) electrons. The molecule has 7 nitrogen and oxygen atoms in total. The summed E-state index contributed by atoms with van der Waals surface area (Å²) < 4.78 is 12.3. The Morgan fingerprint density at radius 1 is 1.26 bits per heavy atom. The number of rotatable bonds is 4. The number of methoxy groups -OCH3 is 1. The van der Waals surface area contributed by atoms with Crippen molar-refractivity contribution in [2.24, 2.45) is 0 Å². The molecule has 0 fully saturated rings. The number of carbonyl (C=O) groups excluding carboxylic acids is 1. The fourth-order valence-electron chi connectivity index (χ4n) is 4.75. The van der Waals surface area contributed by atoms with Crippen LogP contribution in [0.3, 0.4) is 0 Å². The highest BCUT2D eigenvalue weighted by molar-refractivity contribution is 5.91. The molecule has 2 aliphatic rings. The van der Waals surface area contributed by atoms with Crippen molar-refractivity contribution in [2.45, 2.75) is 51.9 Å². The van der Waals surface area contributed by atoms with E-state index in [2.05, 4.69) is 6.92 Å². The van der Waals surface area contributed by atoms with Crippen LogP contribution < -0.4 is 10.3 Å². The van der Waals surface area contributed by atoms with Crippen molar-refractivity contribution >= 4 is 16.9 Å². The molecule has 2 aromatic heterocycles. The summed E-state index contributed by atoms with van der Waals surface area (Å²) in [5.74, 6) is 0.0265. The van der Waals surface area contributed by atoms with Gasteiger partial charge in [0.25, 0.3) is 5.56 Å². The van der Waals surface area contributed by atoms with Crippen molar-refractivity contribution in [3.05, 3.63) is 56.9 Å². The quantitative estimate of drug-likeness (QED) is 0.511. The topological polar surface area (TPSA) is 90.6 Å². The van der Waals surface area contributed by atoms with Crippen LogP contribution in [0.15, 0.2) is 29.1 Å². The molecule has 3 aromatic rings. The second kappa shape index (κ2) is 6.92. The Hall–Kier alpha value is -3.19. The lowest BCUT2D eigenvalue weighted by molar-refractivity contribution is -0.172. The van der Waals surface area contributed by atoms with Crippen molar-refractivity contribution in [1.82, 2.24) is 9.55 Å². The van der Waals surface area contributed by atoms with Crippen LogP contribution >= 0.6 is 0 Å². The molecule has 2 aliphatic heterocycles. The van der Waals surface area contributed by atoms with Gasteiger partial charge in [0.05, 0.1) is 36.1 Å². The highest BCUT2D eigenvalue weighted by Gasteiger charge is 2.45. The molecule has 0 amide bonds. The number of hydrogen-bond acceptors (Lipinski definition) is 6. The largest absolute Gasteiger partial charge is 0.496 e. The Morgan fingerprint density at radius 3 is 2.77 bits per heavy atom. The molecule has 31 heavy (non-hydrogen) atoms. The molecule has 0 aliphatic carbocycles. The van der Waals surface area contributed by atoms with Crippen LogP contribution in [0.4, 0.5) is 0 Å². The van der Waals surface area contributed by atoms with Crippen LogP contribution in [0, 0.1) is 0 Å². The Bertz CT molecular complexity index is 1310. The number of cyclic esters (lactones) is 1. The first-order chi connectivity index (χ1) is 14.9. The first-order valence-electron chi connectivity index (χ1n) is 10.6. The molecule has 5 rings (SSSR count). The zero-order chi connectivity index (χ0) is 21.9. The Labute approximate surface area is 179 Å². The Kier molecular flexibility index (Phi) is 4.41. The smallest absolute Gasteiger partial charge is 0.343 e. The average molecular weight is 420 g/mol. The summed E-state index contributed by atoms with van der Waals surface area (Å²) in [5.41, 5.74) is 2.78. The van der Waals surface area contributed by atoms with Gasteiger partial charge in [-0.25, -0.2) is 9.78 Å². The third-order valence-corrected chi connectivity index (χ3v) is 6.46. The summed E-state index contributed by atoms with van der Waals surface area (Å²) in [5, 5.41) is 11.9. The van der Waals surface area contributed by atoms with Crippen molar-refractivity contribution in [2.75, 3.05) is 7.11 Å². The third-order valence-electron chi connectivity index (χ3n) is 6.46. The average Bonchev–Trinajstić information content (AvgIpc) is 3.14. The number of fused-ring (bicyclic) bond motifs is 5. The molecule has 0 spiro atoms. The van der Waals surface area contributed by atoms with Gasteiger partial charge in [-0.1, -0.05) is 26.3 Å². The van der Waals surface area contributed by atoms with E-state index in [4.69, 9.17) is 14.5 Å². The van der Waals surface area contributed by atoms with Gasteiger partial charge in [-0.2, -0.15) is 0 Å². The minimum Gasteiger partial charge on any atom is -0.496 e. The van der Waals surface area contributed by atoms with Crippen LogP contribution in [0.2, 0.25) is 0 Å². The number of aryl methyl sites for hydroxylation is 1. The van der Waals surface area contributed by atoms with Crippen molar-refractivity contribution in [3.63, 3.8) is 0 Å². The van der Waals surface area contributed by atoms with E-state index in [1.165, 1.54) is 0 Å². The summed E-state index contributed by atoms with van der Waals surface area (Å²) in [6.07, 6.45) is 1.98. The zero-order valence-electron chi connectivity index (χ0n) is 17.8. The number of hydrogen-bond donors (Lipinski definition) is 1. The molecule has 1 N–H and O–H groups in total. The minimum absolute atomic E-state index is 0.123.